The topological polar surface area (TPSA) is 59.4 Å². The van der Waals surface area contributed by atoms with Crippen molar-refractivity contribution >= 4 is 0 Å². The van der Waals surface area contributed by atoms with Crippen LogP contribution >= 0.6 is 0 Å². The first-order valence-corrected chi connectivity index (χ1v) is 9.96. The van der Waals surface area contributed by atoms with Gasteiger partial charge in [-0.05, 0) is 43.4 Å². The van der Waals surface area contributed by atoms with Crippen molar-refractivity contribution in [2.24, 2.45) is 0 Å². The van der Waals surface area contributed by atoms with Crippen LogP contribution in [0.4, 0.5) is 0 Å². The number of benzene rings is 1. The molecule has 5 heteroatoms. The molecule has 0 fully saturated rings. The Hall–Kier alpha value is -3.21. The predicted octanol–water partition coefficient (Wildman–Crippen LogP) is 4.46. The van der Waals surface area contributed by atoms with Crippen molar-refractivity contribution in [3.05, 3.63) is 78.1 Å². The van der Waals surface area contributed by atoms with Gasteiger partial charge in [0.25, 0.3) is 0 Å². The molecule has 0 aliphatic heterocycles. The molecule has 5 nitrogen and oxygen atoms in total. The van der Waals surface area contributed by atoms with Crippen LogP contribution in [-0.2, 0) is 25.8 Å². The number of imidazole rings is 1. The van der Waals surface area contributed by atoms with E-state index in [-0.39, 0.29) is 0 Å². The van der Waals surface area contributed by atoms with Gasteiger partial charge in [-0.25, -0.2) is 4.98 Å². The summed E-state index contributed by atoms with van der Waals surface area (Å²) in [6.45, 7) is 0.849. The second-order valence-corrected chi connectivity index (χ2v) is 7.33. The fourth-order valence-electron chi connectivity index (χ4n) is 4.15. The number of aromatic nitrogens is 5. The molecule has 1 aliphatic rings. The van der Waals surface area contributed by atoms with E-state index in [0.717, 1.165) is 48.3 Å². The number of aromatic amines is 1. The zero-order valence-electron chi connectivity index (χ0n) is 15.8. The molecule has 1 aromatic carbocycles. The van der Waals surface area contributed by atoms with E-state index in [4.69, 9.17) is 4.98 Å². The molecule has 1 aliphatic carbocycles. The number of nitrogens with zero attached hydrogens (tertiary/aromatic N) is 4. The lowest BCUT2D eigenvalue weighted by Gasteiger charge is -2.13. The third kappa shape index (κ3) is 3.13. The Morgan fingerprint density at radius 3 is 2.68 bits per heavy atom. The number of aryl methyl sites for hydroxylation is 3. The maximum Gasteiger partial charge on any atom is 0.0963 e. The Kier molecular flexibility index (Phi) is 4.49. The molecule has 0 bridgehead atoms. The highest BCUT2D eigenvalue weighted by Gasteiger charge is 2.19. The van der Waals surface area contributed by atoms with Gasteiger partial charge < -0.3 is 4.57 Å². The van der Waals surface area contributed by atoms with Gasteiger partial charge in [0.15, 0.2) is 0 Å². The molecule has 0 spiro atoms. The molecule has 0 saturated carbocycles. The van der Waals surface area contributed by atoms with Crippen LogP contribution in [0, 0.1) is 0 Å². The Morgan fingerprint density at radius 1 is 0.964 bits per heavy atom. The van der Waals surface area contributed by atoms with Crippen molar-refractivity contribution in [1.29, 1.82) is 0 Å². The number of H-pyrrole nitrogens is 1. The fourth-order valence-corrected chi connectivity index (χ4v) is 4.15. The minimum atomic E-state index is 0.849. The molecule has 28 heavy (non-hydrogen) atoms. The largest absolute Gasteiger partial charge is 0.330 e. The van der Waals surface area contributed by atoms with E-state index in [2.05, 4.69) is 50.1 Å². The Bertz CT molecular complexity index is 1060. The number of nitrogens with one attached hydrogen (secondary N) is 1. The quantitative estimate of drug-likeness (QED) is 0.565. The normalized spacial score (nSPS) is 13.4. The molecular formula is C23H23N5. The third-order valence-electron chi connectivity index (χ3n) is 5.55. The van der Waals surface area contributed by atoms with Crippen LogP contribution in [-0.4, -0.2) is 24.7 Å². The molecule has 4 aromatic rings. The highest BCUT2D eigenvalue weighted by atomic mass is 15.1. The second kappa shape index (κ2) is 7.43. The second-order valence-electron chi connectivity index (χ2n) is 7.33. The van der Waals surface area contributed by atoms with Crippen LogP contribution in [0.3, 0.4) is 0 Å². The molecule has 5 rings (SSSR count). The van der Waals surface area contributed by atoms with E-state index in [1.165, 1.54) is 29.8 Å². The number of hydrogen-bond acceptors (Lipinski definition) is 3. The maximum atomic E-state index is 4.76. The van der Waals surface area contributed by atoms with Crippen LogP contribution in [0.1, 0.15) is 29.8 Å². The van der Waals surface area contributed by atoms with Gasteiger partial charge in [-0.3, -0.25) is 10.1 Å². The summed E-state index contributed by atoms with van der Waals surface area (Å²) >= 11 is 0. The van der Waals surface area contributed by atoms with Crippen molar-refractivity contribution in [3.8, 4) is 22.5 Å². The Morgan fingerprint density at radius 2 is 1.82 bits per heavy atom. The van der Waals surface area contributed by atoms with Crippen LogP contribution < -0.4 is 0 Å². The number of fused-ring (bicyclic) bond motifs is 1. The average molecular weight is 369 g/mol. The third-order valence-corrected chi connectivity index (χ3v) is 5.55. The average Bonchev–Trinajstić information content (AvgIpc) is 3.38. The SMILES string of the molecule is c1ccc(-c2ncn(CCc3n[nH]c4c3CCCC4)c2-c2cccnc2)cc1. The van der Waals surface area contributed by atoms with Gasteiger partial charge >= 0.3 is 0 Å². The lowest BCUT2D eigenvalue weighted by Crippen LogP contribution is -2.06. The zero-order chi connectivity index (χ0) is 18.8. The smallest absolute Gasteiger partial charge is 0.0963 e. The molecule has 0 atom stereocenters. The van der Waals surface area contributed by atoms with Crippen molar-refractivity contribution in [3.63, 3.8) is 0 Å². The Labute approximate surface area is 164 Å². The zero-order valence-corrected chi connectivity index (χ0v) is 15.8. The number of pyridine rings is 1. The first-order valence-electron chi connectivity index (χ1n) is 9.96. The molecular weight excluding hydrogens is 346 g/mol. The molecule has 0 radical (unpaired) electrons. The van der Waals surface area contributed by atoms with E-state index >= 15 is 0 Å². The van der Waals surface area contributed by atoms with Gasteiger partial charge in [-0.2, -0.15) is 5.10 Å². The summed E-state index contributed by atoms with van der Waals surface area (Å²) in [5.41, 5.74) is 8.31. The predicted molar refractivity (Wildman–Crippen MR) is 110 cm³/mol. The fraction of sp³-hybridized carbons (Fsp3) is 0.261. The molecule has 0 saturated heterocycles. The van der Waals surface area contributed by atoms with E-state index in [1.807, 2.05) is 30.9 Å². The summed E-state index contributed by atoms with van der Waals surface area (Å²) in [6.07, 6.45) is 11.4. The monoisotopic (exact) mass is 369 g/mol. The van der Waals surface area contributed by atoms with Crippen LogP contribution in [0.2, 0.25) is 0 Å². The minimum Gasteiger partial charge on any atom is -0.330 e. The summed E-state index contributed by atoms with van der Waals surface area (Å²) in [5, 5.41) is 7.86. The Balaban J connectivity index is 1.49. The van der Waals surface area contributed by atoms with Crippen LogP contribution in [0.25, 0.3) is 22.5 Å². The maximum absolute atomic E-state index is 4.76. The summed E-state index contributed by atoms with van der Waals surface area (Å²) in [5.74, 6) is 0. The first-order chi connectivity index (χ1) is 13.9. The highest BCUT2D eigenvalue weighted by molar-refractivity contribution is 5.78. The first kappa shape index (κ1) is 16.9. The highest BCUT2D eigenvalue weighted by Crippen LogP contribution is 2.31. The lowest BCUT2D eigenvalue weighted by molar-refractivity contribution is 0.659. The van der Waals surface area contributed by atoms with Crippen molar-refractivity contribution in [2.45, 2.75) is 38.6 Å². The van der Waals surface area contributed by atoms with Crippen molar-refractivity contribution in [2.75, 3.05) is 0 Å². The van der Waals surface area contributed by atoms with Crippen LogP contribution in [0.15, 0.2) is 61.2 Å². The molecule has 140 valence electrons. The van der Waals surface area contributed by atoms with Gasteiger partial charge in [0.05, 0.1) is 23.4 Å². The summed E-state index contributed by atoms with van der Waals surface area (Å²) < 4.78 is 2.24. The van der Waals surface area contributed by atoms with Gasteiger partial charge in [0, 0.05) is 42.2 Å². The number of hydrogen-bond donors (Lipinski definition) is 1. The lowest BCUT2D eigenvalue weighted by atomic mass is 9.95. The van der Waals surface area contributed by atoms with Gasteiger partial charge in [0.2, 0.25) is 0 Å². The van der Waals surface area contributed by atoms with Crippen molar-refractivity contribution < 1.29 is 0 Å². The molecule has 3 aromatic heterocycles. The van der Waals surface area contributed by atoms with Crippen molar-refractivity contribution in [1.82, 2.24) is 24.7 Å². The van der Waals surface area contributed by atoms with Gasteiger partial charge in [0.1, 0.15) is 0 Å². The molecule has 0 unspecified atom stereocenters. The molecule has 1 N–H and O–H groups in total. The van der Waals surface area contributed by atoms with Crippen LogP contribution in [0.5, 0.6) is 0 Å². The standard InChI is InChI=1S/C23H23N5/c1-2-7-17(8-3-1)22-23(18-9-6-13-24-15-18)28(16-25-22)14-12-21-19-10-4-5-11-20(19)26-27-21/h1-3,6-9,13,15-16H,4-5,10-12,14H2,(H,26,27). The van der Waals surface area contributed by atoms with Gasteiger partial charge in [-0.1, -0.05) is 30.3 Å². The van der Waals surface area contributed by atoms with E-state index in [9.17, 15) is 0 Å². The summed E-state index contributed by atoms with van der Waals surface area (Å²) in [6, 6.07) is 14.4. The molecule has 3 heterocycles. The van der Waals surface area contributed by atoms with E-state index < -0.39 is 0 Å². The van der Waals surface area contributed by atoms with E-state index in [1.54, 1.807) is 0 Å². The number of rotatable bonds is 5. The van der Waals surface area contributed by atoms with Gasteiger partial charge in [-0.15, -0.1) is 0 Å². The summed E-state index contributed by atoms with van der Waals surface area (Å²) in [4.78, 5) is 9.08. The minimum absolute atomic E-state index is 0.849. The molecule has 0 amide bonds. The summed E-state index contributed by atoms with van der Waals surface area (Å²) in [7, 11) is 0. The van der Waals surface area contributed by atoms with E-state index in [0.29, 0.717) is 0 Å².